The standard InChI is InChI=1S/C58H39N/c1-3-16-40(17-4-1)43-32-35-58(57(37-43)41-18-5-2-6-19-41)59(47-33-30-42(31-34-47)55-38-45-20-7-9-24-49(45)51-26-11-13-28-53(51)55)48-23-15-22-44(36-48)56-39-46-21-8-10-25-50(46)52-27-12-14-29-54(52)56/h1-39H. The molecule has 276 valence electrons. The zero-order valence-corrected chi connectivity index (χ0v) is 32.5. The van der Waals surface area contributed by atoms with Crippen molar-refractivity contribution in [3.63, 3.8) is 0 Å². The normalized spacial score (nSPS) is 11.4. The second-order valence-corrected chi connectivity index (χ2v) is 15.3. The van der Waals surface area contributed by atoms with Crippen molar-refractivity contribution >= 4 is 60.2 Å². The van der Waals surface area contributed by atoms with Gasteiger partial charge in [0, 0.05) is 16.9 Å². The number of fused-ring (bicyclic) bond motifs is 6. The Labute approximate surface area is 344 Å². The van der Waals surface area contributed by atoms with Crippen molar-refractivity contribution < 1.29 is 0 Å². The van der Waals surface area contributed by atoms with Gasteiger partial charge in [0.1, 0.15) is 0 Å². The van der Waals surface area contributed by atoms with Crippen LogP contribution in [0.5, 0.6) is 0 Å². The molecule has 11 aromatic rings. The van der Waals surface area contributed by atoms with Crippen LogP contribution in [0.3, 0.4) is 0 Å². The van der Waals surface area contributed by atoms with Crippen LogP contribution in [0, 0.1) is 0 Å². The molecule has 0 saturated carbocycles. The minimum absolute atomic E-state index is 1.09. The molecule has 0 heterocycles. The second-order valence-electron chi connectivity index (χ2n) is 15.3. The first-order valence-electron chi connectivity index (χ1n) is 20.3. The molecule has 0 amide bonds. The monoisotopic (exact) mass is 749 g/mol. The zero-order valence-electron chi connectivity index (χ0n) is 32.5. The van der Waals surface area contributed by atoms with Gasteiger partial charge in [-0.05, 0) is 131 Å². The summed E-state index contributed by atoms with van der Waals surface area (Å²) in [6.45, 7) is 0. The summed E-state index contributed by atoms with van der Waals surface area (Å²) in [7, 11) is 0. The van der Waals surface area contributed by atoms with Crippen molar-refractivity contribution in [3.05, 3.63) is 237 Å². The molecule has 59 heavy (non-hydrogen) atoms. The highest BCUT2D eigenvalue weighted by Crippen LogP contribution is 2.45. The van der Waals surface area contributed by atoms with Crippen LogP contribution in [0.2, 0.25) is 0 Å². The van der Waals surface area contributed by atoms with Crippen LogP contribution >= 0.6 is 0 Å². The first-order chi connectivity index (χ1) is 29.3. The maximum Gasteiger partial charge on any atom is 0.0540 e. The van der Waals surface area contributed by atoms with Crippen LogP contribution in [0.15, 0.2) is 237 Å². The van der Waals surface area contributed by atoms with Crippen LogP contribution in [0.25, 0.3) is 87.6 Å². The molecule has 0 aliphatic heterocycles. The lowest BCUT2D eigenvalue weighted by molar-refractivity contribution is 1.28. The van der Waals surface area contributed by atoms with E-state index in [1.165, 1.54) is 82.0 Å². The maximum absolute atomic E-state index is 2.44. The minimum Gasteiger partial charge on any atom is -0.310 e. The van der Waals surface area contributed by atoms with E-state index in [0.29, 0.717) is 0 Å². The Bertz CT molecular complexity index is 3310. The number of benzene rings is 11. The summed E-state index contributed by atoms with van der Waals surface area (Å²) in [6, 6.07) is 86.3. The predicted molar refractivity (Wildman–Crippen MR) is 253 cm³/mol. The Morgan fingerprint density at radius 3 is 1.29 bits per heavy atom. The summed E-state index contributed by atoms with van der Waals surface area (Å²) in [5.74, 6) is 0. The largest absolute Gasteiger partial charge is 0.310 e. The van der Waals surface area contributed by atoms with E-state index < -0.39 is 0 Å². The molecule has 0 spiro atoms. The van der Waals surface area contributed by atoms with E-state index in [-0.39, 0.29) is 0 Å². The van der Waals surface area contributed by atoms with E-state index in [2.05, 4.69) is 241 Å². The van der Waals surface area contributed by atoms with E-state index >= 15 is 0 Å². The molecule has 11 aromatic carbocycles. The Kier molecular flexibility index (Phi) is 8.56. The molecule has 0 atom stereocenters. The van der Waals surface area contributed by atoms with E-state index in [1.54, 1.807) is 0 Å². The number of hydrogen-bond acceptors (Lipinski definition) is 1. The maximum atomic E-state index is 2.44. The van der Waals surface area contributed by atoms with E-state index in [9.17, 15) is 0 Å². The quantitative estimate of drug-likeness (QED) is 0.147. The molecule has 0 aliphatic carbocycles. The minimum atomic E-state index is 1.09. The second kappa shape index (κ2) is 14.6. The third-order valence-corrected chi connectivity index (χ3v) is 11.8. The topological polar surface area (TPSA) is 3.24 Å². The number of hydrogen-bond donors (Lipinski definition) is 0. The van der Waals surface area contributed by atoms with Crippen LogP contribution < -0.4 is 4.90 Å². The Morgan fingerprint density at radius 1 is 0.220 bits per heavy atom. The summed E-state index contributed by atoms with van der Waals surface area (Å²) >= 11 is 0. The Balaban J connectivity index is 1.12. The van der Waals surface area contributed by atoms with E-state index in [4.69, 9.17) is 0 Å². The average molecular weight is 750 g/mol. The van der Waals surface area contributed by atoms with Gasteiger partial charge in [0.2, 0.25) is 0 Å². The van der Waals surface area contributed by atoms with Gasteiger partial charge < -0.3 is 4.90 Å². The van der Waals surface area contributed by atoms with Gasteiger partial charge in [0.15, 0.2) is 0 Å². The van der Waals surface area contributed by atoms with Crippen LogP contribution in [-0.4, -0.2) is 0 Å². The highest BCUT2D eigenvalue weighted by Gasteiger charge is 2.20. The third kappa shape index (κ3) is 6.21. The summed E-state index contributed by atoms with van der Waals surface area (Å²) in [4.78, 5) is 2.44. The van der Waals surface area contributed by atoms with Crippen molar-refractivity contribution in [1.82, 2.24) is 0 Å². The lowest BCUT2D eigenvalue weighted by Crippen LogP contribution is -2.11. The fourth-order valence-electron chi connectivity index (χ4n) is 9.01. The Morgan fingerprint density at radius 2 is 0.678 bits per heavy atom. The highest BCUT2D eigenvalue weighted by atomic mass is 15.1. The van der Waals surface area contributed by atoms with Crippen molar-refractivity contribution in [3.8, 4) is 44.5 Å². The number of nitrogens with zero attached hydrogens (tertiary/aromatic N) is 1. The molecule has 0 aromatic heterocycles. The molecule has 0 unspecified atom stereocenters. The van der Waals surface area contributed by atoms with Crippen LogP contribution in [-0.2, 0) is 0 Å². The number of anilines is 3. The predicted octanol–water partition coefficient (Wildman–Crippen LogP) is 16.4. The summed E-state index contributed by atoms with van der Waals surface area (Å²) in [6.07, 6.45) is 0. The van der Waals surface area contributed by atoms with Gasteiger partial charge >= 0.3 is 0 Å². The first-order valence-corrected chi connectivity index (χ1v) is 20.3. The average Bonchev–Trinajstić information content (AvgIpc) is 3.32. The molecule has 0 bridgehead atoms. The molecule has 0 radical (unpaired) electrons. The van der Waals surface area contributed by atoms with Crippen molar-refractivity contribution in [2.24, 2.45) is 0 Å². The van der Waals surface area contributed by atoms with Crippen molar-refractivity contribution in [1.29, 1.82) is 0 Å². The van der Waals surface area contributed by atoms with Gasteiger partial charge in [0.25, 0.3) is 0 Å². The highest BCUT2D eigenvalue weighted by molar-refractivity contribution is 6.15. The first kappa shape index (κ1) is 34.5. The molecule has 1 nitrogen and oxygen atoms in total. The van der Waals surface area contributed by atoms with E-state index in [0.717, 1.165) is 22.6 Å². The van der Waals surface area contributed by atoms with Gasteiger partial charge in [-0.3, -0.25) is 0 Å². The SMILES string of the molecule is c1ccc(-c2ccc(N(c3ccc(-c4cc5ccccc5c5ccccc45)cc3)c3cccc(-c4cc5ccccc5c5ccccc45)c3)c(-c3ccccc3)c2)cc1. The molecular weight excluding hydrogens is 711 g/mol. The molecular formula is C58H39N. The summed E-state index contributed by atoms with van der Waals surface area (Å²) in [5.41, 5.74) is 12.8. The fraction of sp³-hybridized carbons (Fsp3) is 0. The van der Waals surface area contributed by atoms with E-state index in [1.807, 2.05) is 0 Å². The van der Waals surface area contributed by atoms with Gasteiger partial charge in [-0.2, -0.15) is 0 Å². The molecule has 0 aliphatic rings. The third-order valence-electron chi connectivity index (χ3n) is 11.8. The smallest absolute Gasteiger partial charge is 0.0540 e. The molecule has 0 N–H and O–H groups in total. The van der Waals surface area contributed by atoms with Gasteiger partial charge in [-0.25, -0.2) is 0 Å². The fourth-order valence-corrected chi connectivity index (χ4v) is 9.01. The molecule has 1 heteroatoms. The molecule has 0 fully saturated rings. The van der Waals surface area contributed by atoms with Crippen LogP contribution in [0.4, 0.5) is 17.1 Å². The zero-order chi connectivity index (χ0) is 39.1. The van der Waals surface area contributed by atoms with Crippen molar-refractivity contribution in [2.75, 3.05) is 4.90 Å². The molecule has 0 saturated heterocycles. The lowest BCUT2D eigenvalue weighted by atomic mass is 9.92. The van der Waals surface area contributed by atoms with Crippen LogP contribution in [0.1, 0.15) is 0 Å². The van der Waals surface area contributed by atoms with Gasteiger partial charge in [0.05, 0.1) is 5.69 Å². The summed E-state index contributed by atoms with van der Waals surface area (Å²) in [5, 5.41) is 10.1. The van der Waals surface area contributed by atoms with Crippen molar-refractivity contribution in [2.45, 2.75) is 0 Å². The summed E-state index contributed by atoms with van der Waals surface area (Å²) < 4.78 is 0. The Hall–Kier alpha value is -7.74. The molecule has 11 rings (SSSR count). The lowest BCUT2D eigenvalue weighted by Gasteiger charge is -2.29. The number of rotatable bonds is 7. The van der Waals surface area contributed by atoms with Gasteiger partial charge in [-0.1, -0.05) is 188 Å². The van der Waals surface area contributed by atoms with Gasteiger partial charge in [-0.15, -0.1) is 0 Å².